The van der Waals surface area contributed by atoms with Crippen molar-refractivity contribution in [2.24, 2.45) is 5.92 Å². The number of unbranched alkanes of at least 4 members (excludes halogenated alkanes) is 1. The largest absolute Gasteiger partial charge is 0.325 e. The molecular formula is C19H24N2O3S3. The number of thiophene rings is 1. The van der Waals surface area contributed by atoms with Gasteiger partial charge in [-0.2, -0.15) is 4.31 Å². The second-order valence-electron chi connectivity index (χ2n) is 6.63. The third kappa shape index (κ3) is 4.74. The van der Waals surface area contributed by atoms with E-state index in [1.54, 1.807) is 45.6 Å². The summed E-state index contributed by atoms with van der Waals surface area (Å²) in [5.41, 5.74) is 0.585. The standard InChI is InChI=1S/C19H24N2O3S3/c1-3-4-9-21(12-15-6-5-10-25-15)27(23,24)16-7-8-18-17(11-16)20-19(22)14(2)13-26-18/h5-8,10-11,14H,3-4,9,12-13H2,1-2H3,(H,20,22). The van der Waals surface area contributed by atoms with Crippen LogP contribution in [0.15, 0.2) is 45.5 Å². The summed E-state index contributed by atoms with van der Waals surface area (Å²) in [4.78, 5) is 14.3. The first-order chi connectivity index (χ1) is 12.9. The zero-order valence-corrected chi connectivity index (χ0v) is 17.9. The van der Waals surface area contributed by atoms with Gasteiger partial charge in [0.1, 0.15) is 0 Å². The summed E-state index contributed by atoms with van der Waals surface area (Å²) in [6.07, 6.45) is 1.73. The Bertz CT molecular complexity index is 895. The molecule has 0 bridgehead atoms. The molecule has 0 aliphatic carbocycles. The van der Waals surface area contributed by atoms with Gasteiger partial charge in [-0.25, -0.2) is 8.42 Å². The molecule has 1 aliphatic heterocycles. The minimum atomic E-state index is -3.65. The SMILES string of the molecule is CCCCN(Cc1cccs1)S(=O)(=O)c1ccc2c(c1)NC(=O)C(C)CS2. The Labute approximate surface area is 169 Å². The van der Waals surface area contributed by atoms with Gasteiger partial charge in [0.05, 0.1) is 10.6 Å². The number of carbonyl (C=O) groups excluding carboxylic acids is 1. The number of hydrogen-bond acceptors (Lipinski definition) is 5. The zero-order chi connectivity index (χ0) is 19.4. The highest BCUT2D eigenvalue weighted by atomic mass is 32.2. The molecule has 1 atom stereocenters. The number of thioether (sulfide) groups is 1. The van der Waals surface area contributed by atoms with Crippen molar-refractivity contribution in [1.82, 2.24) is 4.31 Å². The molecule has 2 heterocycles. The van der Waals surface area contributed by atoms with E-state index < -0.39 is 10.0 Å². The Morgan fingerprint density at radius 1 is 1.30 bits per heavy atom. The highest BCUT2D eigenvalue weighted by molar-refractivity contribution is 7.99. The number of anilines is 1. The van der Waals surface area contributed by atoms with Crippen molar-refractivity contribution in [3.63, 3.8) is 0 Å². The summed E-state index contributed by atoms with van der Waals surface area (Å²) >= 11 is 3.13. The Kier molecular flexibility index (Phi) is 6.62. The third-order valence-electron chi connectivity index (χ3n) is 4.46. The fraction of sp³-hybridized carbons (Fsp3) is 0.421. The molecule has 146 valence electrons. The number of nitrogens with one attached hydrogen (secondary N) is 1. The second-order valence-corrected chi connectivity index (χ2v) is 10.7. The van der Waals surface area contributed by atoms with Gasteiger partial charge in [0.15, 0.2) is 0 Å². The number of fused-ring (bicyclic) bond motifs is 1. The lowest BCUT2D eigenvalue weighted by atomic mass is 10.2. The van der Waals surface area contributed by atoms with Gasteiger partial charge < -0.3 is 5.32 Å². The van der Waals surface area contributed by atoms with Crippen LogP contribution in [0.4, 0.5) is 5.69 Å². The molecule has 2 aromatic rings. The zero-order valence-electron chi connectivity index (χ0n) is 15.5. The maximum Gasteiger partial charge on any atom is 0.243 e. The topological polar surface area (TPSA) is 66.5 Å². The predicted molar refractivity (Wildman–Crippen MR) is 112 cm³/mol. The second kappa shape index (κ2) is 8.77. The Balaban J connectivity index is 1.92. The Hall–Kier alpha value is -1.35. The average molecular weight is 425 g/mol. The first-order valence-electron chi connectivity index (χ1n) is 9.02. The average Bonchev–Trinajstić information content (AvgIpc) is 3.11. The monoisotopic (exact) mass is 424 g/mol. The summed E-state index contributed by atoms with van der Waals surface area (Å²) in [6, 6.07) is 8.93. The van der Waals surface area contributed by atoms with E-state index in [-0.39, 0.29) is 16.7 Å². The number of hydrogen-bond donors (Lipinski definition) is 1. The van der Waals surface area contributed by atoms with Crippen molar-refractivity contribution in [2.75, 3.05) is 17.6 Å². The van der Waals surface area contributed by atoms with E-state index in [0.29, 0.717) is 24.5 Å². The van der Waals surface area contributed by atoms with Crippen LogP contribution in [0, 0.1) is 5.92 Å². The number of benzene rings is 1. The van der Waals surface area contributed by atoms with E-state index in [1.807, 2.05) is 31.4 Å². The highest BCUT2D eigenvalue weighted by Gasteiger charge is 2.27. The minimum Gasteiger partial charge on any atom is -0.325 e. The predicted octanol–water partition coefficient (Wildman–Crippen LogP) is 4.42. The van der Waals surface area contributed by atoms with Gasteiger partial charge in [0, 0.05) is 34.5 Å². The maximum absolute atomic E-state index is 13.3. The molecule has 1 aliphatic rings. The van der Waals surface area contributed by atoms with Gasteiger partial charge in [-0.1, -0.05) is 26.3 Å². The number of nitrogens with zero attached hydrogens (tertiary/aromatic N) is 1. The van der Waals surface area contributed by atoms with Crippen molar-refractivity contribution >= 4 is 44.7 Å². The molecule has 1 aromatic carbocycles. The molecule has 0 saturated heterocycles. The van der Waals surface area contributed by atoms with Gasteiger partial charge >= 0.3 is 0 Å². The van der Waals surface area contributed by atoms with Crippen LogP contribution in [0.1, 0.15) is 31.6 Å². The van der Waals surface area contributed by atoms with Gasteiger partial charge in [0.25, 0.3) is 0 Å². The van der Waals surface area contributed by atoms with Crippen LogP contribution in [0.2, 0.25) is 0 Å². The molecule has 0 fully saturated rings. The van der Waals surface area contributed by atoms with E-state index in [2.05, 4.69) is 5.32 Å². The molecule has 0 radical (unpaired) electrons. The van der Waals surface area contributed by atoms with E-state index in [4.69, 9.17) is 0 Å². The summed E-state index contributed by atoms with van der Waals surface area (Å²) in [5.74, 6) is 0.505. The molecule has 5 nitrogen and oxygen atoms in total. The van der Waals surface area contributed by atoms with E-state index >= 15 is 0 Å². The summed E-state index contributed by atoms with van der Waals surface area (Å²) in [5, 5.41) is 4.83. The molecule has 0 saturated carbocycles. The Morgan fingerprint density at radius 2 is 2.11 bits per heavy atom. The van der Waals surface area contributed by atoms with Crippen LogP contribution >= 0.6 is 23.1 Å². The lowest BCUT2D eigenvalue weighted by Gasteiger charge is -2.22. The lowest BCUT2D eigenvalue weighted by Crippen LogP contribution is -2.31. The highest BCUT2D eigenvalue weighted by Crippen LogP contribution is 2.35. The Morgan fingerprint density at radius 3 is 2.81 bits per heavy atom. The van der Waals surface area contributed by atoms with Crippen molar-refractivity contribution in [1.29, 1.82) is 0 Å². The third-order valence-corrected chi connectivity index (χ3v) is 8.49. The van der Waals surface area contributed by atoms with Crippen molar-refractivity contribution in [3.8, 4) is 0 Å². The number of amides is 1. The van der Waals surface area contributed by atoms with Crippen LogP contribution in [0.3, 0.4) is 0 Å². The molecule has 27 heavy (non-hydrogen) atoms. The summed E-state index contributed by atoms with van der Waals surface area (Å²) in [6.45, 7) is 4.77. The molecule has 0 spiro atoms. The van der Waals surface area contributed by atoms with Crippen LogP contribution < -0.4 is 5.32 Å². The fourth-order valence-corrected chi connectivity index (χ4v) is 6.08. The van der Waals surface area contributed by atoms with Crippen molar-refractivity contribution in [2.45, 2.75) is 43.0 Å². The summed E-state index contributed by atoms with van der Waals surface area (Å²) in [7, 11) is -3.65. The van der Waals surface area contributed by atoms with Gasteiger partial charge in [0.2, 0.25) is 15.9 Å². The molecule has 1 amide bonds. The quantitative estimate of drug-likeness (QED) is 0.714. The van der Waals surface area contributed by atoms with E-state index in [0.717, 1.165) is 22.6 Å². The van der Waals surface area contributed by atoms with Crippen LogP contribution in [-0.4, -0.2) is 30.9 Å². The molecule has 8 heteroatoms. The van der Waals surface area contributed by atoms with E-state index in [1.165, 1.54) is 0 Å². The molecule has 1 N–H and O–H groups in total. The molecule has 1 aromatic heterocycles. The van der Waals surface area contributed by atoms with Crippen molar-refractivity contribution in [3.05, 3.63) is 40.6 Å². The number of rotatable bonds is 7. The smallest absolute Gasteiger partial charge is 0.243 e. The van der Waals surface area contributed by atoms with Gasteiger partial charge in [-0.05, 0) is 36.1 Å². The number of sulfonamides is 1. The van der Waals surface area contributed by atoms with Crippen LogP contribution in [-0.2, 0) is 21.4 Å². The first kappa shape index (κ1) is 20.4. The fourth-order valence-electron chi connectivity index (χ4n) is 2.78. The van der Waals surface area contributed by atoms with Crippen molar-refractivity contribution < 1.29 is 13.2 Å². The number of carbonyl (C=O) groups is 1. The van der Waals surface area contributed by atoms with E-state index in [9.17, 15) is 13.2 Å². The first-order valence-corrected chi connectivity index (χ1v) is 12.3. The normalized spacial score (nSPS) is 17.4. The lowest BCUT2D eigenvalue weighted by molar-refractivity contribution is -0.118. The van der Waals surface area contributed by atoms with Crippen LogP contribution in [0.25, 0.3) is 0 Å². The molecule has 1 unspecified atom stereocenters. The molecular weight excluding hydrogens is 400 g/mol. The van der Waals surface area contributed by atoms with Gasteiger partial charge in [-0.3, -0.25) is 4.79 Å². The van der Waals surface area contributed by atoms with Gasteiger partial charge in [-0.15, -0.1) is 23.1 Å². The molecule has 3 rings (SSSR count). The minimum absolute atomic E-state index is 0.0720. The summed E-state index contributed by atoms with van der Waals surface area (Å²) < 4.78 is 28.1. The maximum atomic E-state index is 13.3. The van der Waals surface area contributed by atoms with Crippen LogP contribution in [0.5, 0.6) is 0 Å².